The summed E-state index contributed by atoms with van der Waals surface area (Å²) < 4.78 is 40.9. The predicted octanol–water partition coefficient (Wildman–Crippen LogP) is 4.67. The minimum absolute atomic E-state index is 0.0471. The zero-order valence-corrected chi connectivity index (χ0v) is 21.6. The quantitative estimate of drug-likeness (QED) is 0.207. The fourth-order valence-electron chi connectivity index (χ4n) is 5.94. The van der Waals surface area contributed by atoms with E-state index in [4.69, 9.17) is 13.7 Å². The molecule has 5 unspecified atom stereocenters. The lowest BCUT2D eigenvalue weighted by Crippen LogP contribution is -2.38. The van der Waals surface area contributed by atoms with E-state index in [-0.39, 0.29) is 29.3 Å². The van der Waals surface area contributed by atoms with Gasteiger partial charge in [-0.15, -0.1) is 0 Å². The molecule has 2 heterocycles. The molecule has 5 atom stereocenters. The Labute approximate surface area is 216 Å². The van der Waals surface area contributed by atoms with E-state index in [1.54, 1.807) is 11.8 Å². The number of esters is 1. The van der Waals surface area contributed by atoms with Gasteiger partial charge in [-0.1, -0.05) is 36.0 Å². The molecule has 36 heavy (non-hydrogen) atoms. The molecular formula is C27H23O6S3+. The summed E-state index contributed by atoms with van der Waals surface area (Å²) in [6, 6.07) is 24.9. The molecule has 3 aromatic carbocycles. The topological polar surface area (TPSA) is 78.9 Å². The lowest BCUT2D eigenvalue weighted by atomic mass is 9.94. The van der Waals surface area contributed by atoms with Gasteiger partial charge in [0.05, 0.1) is 15.0 Å². The van der Waals surface area contributed by atoms with Crippen molar-refractivity contribution in [2.75, 3.05) is 6.61 Å². The van der Waals surface area contributed by atoms with Gasteiger partial charge in [0.25, 0.3) is 10.1 Å². The van der Waals surface area contributed by atoms with E-state index in [9.17, 15) is 13.2 Å². The molecular weight excluding hydrogens is 516 g/mol. The van der Waals surface area contributed by atoms with Gasteiger partial charge in [-0.05, 0) is 61.4 Å². The second kappa shape index (κ2) is 8.55. The second-order valence-electron chi connectivity index (χ2n) is 9.50. The van der Waals surface area contributed by atoms with Gasteiger partial charge in [-0.25, -0.2) is 4.79 Å². The number of hydrogen-bond acceptors (Lipinski definition) is 7. The summed E-state index contributed by atoms with van der Waals surface area (Å²) in [5.74, 6) is 0.0709. The van der Waals surface area contributed by atoms with Crippen LogP contribution < -0.4 is 4.74 Å². The average Bonchev–Trinajstić information content (AvgIpc) is 3.51. The van der Waals surface area contributed by atoms with Gasteiger partial charge in [0, 0.05) is 11.8 Å². The first kappa shape index (κ1) is 22.7. The number of benzene rings is 3. The highest BCUT2D eigenvalue weighted by molar-refractivity contribution is 8.04. The molecule has 2 aliphatic heterocycles. The Hall–Kier alpha value is -2.46. The van der Waals surface area contributed by atoms with Gasteiger partial charge in [-0.2, -0.15) is 8.42 Å². The molecule has 2 bridgehead atoms. The number of ether oxygens (including phenoxy) is 2. The molecule has 7 rings (SSSR count). The molecule has 1 saturated heterocycles. The van der Waals surface area contributed by atoms with Crippen LogP contribution in [0.25, 0.3) is 0 Å². The summed E-state index contributed by atoms with van der Waals surface area (Å²) >= 11 is 1.81. The van der Waals surface area contributed by atoms with Crippen molar-refractivity contribution in [2.45, 2.75) is 54.8 Å². The molecule has 9 heteroatoms. The summed E-state index contributed by atoms with van der Waals surface area (Å²) in [6.07, 6.45) is 0.202. The van der Waals surface area contributed by atoms with Crippen molar-refractivity contribution in [1.29, 1.82) is 0 Å². The highest BCUT2D eigenvalue weighted by Gasteiger charge is 2.65. The maximum Gasteiger partial charge on any atom is 0.344 e. The van der Waals surface area contributed by atoms with Crippen molar-refractivity contribution in [3.05, 3.63) is 72.8 Å². The standard InChI is InChI=1S/C27H23O6S3/c28-25(32-26-16-13-19-24(14-16)36(29,30)33-27(19)26)15-31-17-9-11-18(12-10-17)35-22-7-3-1-5-20(22)34-21-6-2-4-8-23(21)35/h1-12,16,19,24,26-27H,13-15H2/q+1. The van der Waals surface area contributed by atoms with Crippen molar-refractivity contribution in [2.24, 2.45) is 11.8 Å². The molecule has 0 radical (unpaired) electrons. The lowest BCUT2D eigenvalue weighted by Gasteiger charge is -2.24. The molecule has 2 saturated carbocycles. The second-order valence-corrected chi connectivity index (χ2v) is 14.3. The molecule has 2 aliphatic carbocycles. The van der Waals surface area contributed by atoms with E-state index in [0.717, 1.165) is 6.42 Å². The zero-order valence-electron chi connectivity index (χ0n) is 19.1. The zero-order chi connectivity index (χ0) is 24.4. The van der Waals surface area contributed by atoms with Gasteiger partial charge in [0.2, 0.25) is 0 Å². The van der Waals surface area contributed by atoms with E-state index < -0.39 is 33.5 Å². The van der Waals surface area contributed by atoms with Gasteiger partial charge in [-0.3, -0.25) is 4.18 Å². The minimum atomic E-state index is -3.53. The molecule has 0 aromatic heterocycles. The molecule has 3 fully saturated rings. The van der Waals surface area contributed by atoms with Crippen LogP contribution in [0.1, 0.15) is 12.8 Å². The van der Waals surface area contributed by atoms with Crippen LogP contribution in [0.2, 0.25) is 0 Å². The maximum atomic E-state index is 12.5. The van der Waals surface area contributed by atoms with Crippen molar-refractivity contribution in [3.63, 3.8) is 0 Å². The Balaban J connectivity index is 1.04. The van der Waals surface area contributed by atoms with Crippen LogP contribution >= 0.6 is 11.8 Å². The number of rotatable bonds is 5. The number of carbonyl (C=O) groups excluding carboxylic acids is 1. The minimum Gasteiger partial charge on any atom is -0.482 e. The first-order valence-corrected chi connectivity index (χ1v) is 15.4. The van der Waals surface area contributed by atoms with E-state index in [1.165, 1.54) is 24.5 Å². The highest BCUT2D eigenvalue weighted by Crippen LogP contribution is 2.55. The van der Waals surface area contributed by atoms with Gasteiger partial charge in [0.1, 0.15) is 28.9 Å². The number of fused-ring (bicyclic) bond motifs is 3. The fraction of sp³-hybridized carbons (Fsp3) is 0.296. The maximum absolute atomic E-state index is 12.5. The van der Waals surface area contributed by atoms with E-state index in [0.29, 0.717) is 12.2 Å². The molecule has 184 valence electrons. The van der Waals surface area contributed by atoms with E-state index in [2.05, 4.69) is 60.7 Å². The third-order valence-corrected chi connectivity index (χ3v) is 13.0. The number of carbonyl (C=O) groups is 1. The molecule has 6 nitrogen and oxygen atoms in total. The normalized spacial score (nSPS) is 28.9. The van der Waals surface area contributed by atoms with Crippen LogP contribution in [0.5, 0.6) is 5.75 Å². The van der Waals surface area contributed by atoms with Crippen molar-refractivity contribution >= 4 is 38.7 Å². The average molecular weight is 540 g/mol. The third-order valence-electron chi connectivity index (χ3n) is 7.46. The molecule has 3 aromatic rings. The Morgan fingerprint density at radius 3 is 2.31 bits per heavy atom. The van der Waals surface area contributed by atoms with Crippen LogP contribution in [0.3, 0.4) is 0 Å². The Morgan fingerprint density at radius 1 is 0.944 bits per heavy atom. The van der Waals surface area contributed by atoms with E-state index in [1.807, 2.05) is 12.1 Å². The van der Waals surface area contributed by atoms with Crippen LogP contribution in [0, 0.1) is 11.8 Å². The summed E-state index contributed by atoms with van der Waals surface area (Å²) in [7, 11) is -3.75. The summed E-state index contributed by atoms with van der Waals surface area (Å²) in [5, 5.41) is -0.431. The molecule has 4 aliphatic rings. The Kier molecular flexibility index (Phi) is 5.39. The number of hydrogen-bond donors (Lipinski definition) is 0. The molecule has 0 N–H and O–H groups in total. The van der Waals surface area contributed by atoms with Crippen LogP contribution in [0.15, 0.2) is 97.3 Å². The van der Waals surface area contributed by atoms with Crippen molar-refractivity contribution in [3.8, 4) is 5.75 Å². The monoisotopic (exact) mass is 539 g/mol. The fourth-order valence-corrected chi connectivity index (χ4v) is 11.6. The Morgan fingerprint density at radius 2 is 1.61 bits per heavy atom. The first-order valence-electron chi connectivity index (χ1n) is 11.9. The molecule has 0 spiro atoms. The van der Waals surface area contributed by atoms with Crippen LogP contribution in [-0.2, 0) is 34.7 Å². The smallest absolute Gasteiger partial charge is 0.344 e. The first-order chi connectivity index (χ1) is 17.5. The van der Waals surface area contributed by atoms with Crippen LogP contribution in [0.4, 0.5) is 0 Å². The Bertz CT molecular complexity index is 1410. The van der Waals surface area contributed by atoms with Gasteiger partial charge < -0.3 is 9.47 Å². The SMILES string of the molecule is O=C(COc1ccc([S+]2c3ccccc3Sc3ccccc32)cc1)OC1C2CC3C1OS(=O)(=O)C3C2. The van der Waals surface area contributed by atoms with E-state index >= 15 is 0 Å². The molecule has 0 amide bonds. The third kappa shape index (κ3) is 3.67. The largest absolute Gasteiger partial charge is 0.482 e. The predicted molar refractivity (Wildman–Crippen MR) is 135 cm³/mol. The summed E-state index contributed by atoms with van der Waals surface area (Å²) in [5.41, 5.74) is 0. The lowest BCUT2D eigenvalue weighted by molar-refractivity contribution is -0.158. The van der Waals surface area contributed by atoms with Crippen LogP contribution in [-0.4, -0.2) is 38.5 Å². The summed E-state index contributed by atoms with van der Waals surface area (Å²) in [6.45, 7) is -0.232. The van der Waals surface area contributed by atoms with Gasteiger partial charge in [0.15, 0.2) is 21.3 Å². The van der Waals surface area contributed by atoms with Crippen molar-refractivity contribution < 1.29 is 26.9 Å². The highest BCUT2D eigenvalue weighted by atomic mass is 32.2. The van der Waals surface area contributed by atoms with Gasteiger partial charge >= 0.3 is 5.97 Å². The summed E-state index contributed by atoms with van der Waals surface area (Å²) in [4.78, 5) is 18.9. The van der Waals surface area contributed by atoms with Crippen molar-refractivity contribution in [1.82, 2.24) is 0 Å².